The normalized spacial score (nSPS) is 10.7. The van der Waals surface area contributed by atoms with E-state index in [1.165, 1.54) is 16.4 Å². The Kier molecular flexibility index (Phi) is 4.67. The quantitative estimate of drug-likeness (QED) is 0.497. The molecule has 0 unspecified atom stereocenters. The fourth-order valence-corrected chi connectivity index (χ4v) is 2.43. The van der Waals surface area contributed by atoms with Crippen molar-refractivity contribution < 1.29 is 14.1 Å². The second-order valence-electron chi connectivity index (χ2n) is 4.58. The summed E-state index contributed by atoms with van der Waals surface area (Å²) in [5.74, 6) is 0.385. The van der Waals surface area contributed by atoms with Gasteiger partial charge in [-0.05, 0) is 10.4 Å². The number of tetrazole rings is 1. The standard InChI is InChI=1S/C14H13N5O3S/c1-19-14(15-17-18-19)23-9-13(20)21-8-11-7-12(22-16-11)10-5-3-2-4-6-10/h2-7H,8-9H2,1H3. The molecule has 9 heteroatoms. The molecule has 0 radical (unpaired) electrons. The number of hydrogen-bond donors (Lipinski definition) is 0. The lowest BCUT2D eigenvalue weighted by atomic mass is 10.2. The van der Waals surface area contributed by atoms with Crippen LogP contribution in [-0.2, 0) is 23.2 Å². The van der Waals surface area contributed by atoms with E-state index < -0.39 is 0 Å². The van der Waals surface area contributed by atoms with Gasteiger partial charge in [-0.1, -0.05) is 47.3 Å². The first-order valence-electron chi connectivity index (χ1n) is 6.74. The first-order chi connectivity index (χ1) is 11.2. The lowest BCUT2D eigenvalue weighted by molar-refractivity contribution is -0.141. The molecule has 0 aliphatic carbocycles. The predicted octanol–water partition coefficient (Wildman–Crippen LogP) is 1.70. The Morgan fingerprint density at radius 2 is 2.17 bits per heavy atom. The summed E-state index contributed by atoms with van der Waals surface area (Å²) in [4.78, 5) is 11.7. The van der Waals surface area contributed by atoms with E-state index in [4.69, 9.17) is 9.26 Å². The molecule has 3 rings (SSSR count). The van der Waals surface area contributed by atoms with Gasteiger partial charge in [-0.15, -0.1) is 5.10 Å². The molecule has 0 saturated heterocycles. The highest BCUT2D eigenvalue weighted by Crippen LogP contribution is 2.20. The molecule has 2 heterocycles. The molecule has 0 aliphatic rings. The zero-order valence-electron chi connectivity index (χ0n) is 12.2. The number of carbonyl (C=O) groups is 1. The van der Waals surface area contributed by atoms with E-state index in [-0.39, 0.29) is 18.3 Å². The van der Waals surface area contributed by atoms with Crippen LogP contribution in [0.5, 0.6) is 0 Å². The summed E-state index contributed by atoms with van der Waals surface area (Å²) in [5, 5.41) is 15.4. The summed E-state index contributed by atoms with van der Waals surface area (Å²) in [7, 11) is 1.70. The van der Waals surface area contributed by atoms with Crippen LogP contribution in [0.15, 0.2) is 46.1 Å². The molecular weight excluding hydrogens is 318 g/mol. The van der Waals surface area contributed by atoms with Crippen LogP contribution in [0.25, 0.3) is 11.3 Å². The van der Waals surface area contributed by atoms with Crippen molar-refractivity contribution in [1.82, 2.24) is 25.4 Å². The first kappa shape index (κ1) is 15.2. The molecule has 0 amide bonds. The number of aromatic nitrogens is 5. The lowest BCUT2D eigenvalue weighted by Crippen LogP contribution is -2.08. The zero-order valence-corrected chi connectivity index (χ0v) is 13.1. The molecule has 1 aromatic carbocycles. The highest BCUT2D eigenvalue weighted by molar-refractivity contribution is 7.99. The SMILES string of the molecule is Cn1nnnc1SCC(=O)OCc1cc(-c2ccccc2)on1. The maximum absolute atomic E-state index is 11.7. The molecule has 118 valence electrons. The highest BCUT2D eigenvalue weighted by atomic mass is 32.2. The van der Waals surface area contributed by atoms with Gasteiger partial charge in [0.15, 0.2) is 5.76 Å². The topological polar surface area (TPSA) is 95.9 Å². The van der Waals surface area contributed by atoms with Crippen LogP contribution in [0.3, 0.4) is 0 Å². The molecule has 0 N–H and O–H groups in total. The van der Waals surface area contributed by atoms with E-state index in [2.05, 4.69) is 20.7 Å². The van der Waals surface area contributed by atoms with E-state index in [0.29, 0.717) is 16.6 Å². The minimum Gasteiger partial charge on any atom is -0.458 e. The number of aryl methyl sites for hydroxylation is 1. The molecule has 0 saturated carbocycles. The maximum Gasteiger partial charge on any atom is 0.316 e. The Hall–Kier alpha value is -2.68. The third kappa shape index (κ3) is 3.95. The van der Waals surface area contributed by atoms with Gasteiger partial charge >= 0.3 is 5.97 Å². The number of ether oxygens (including phenoxy) is 1. The Bertz CT molecular complexity index is 787. The smallest absolute Gasteiger partial charge is 0.316 e. The summed E-state index contributed by atoms with van der Waals surface area (Å²) in [5.41, 5.74) is 1.48. The number of rotatable bonds is 6. The van der Waals surface area contributed by atoms with E-state index in [1.54, 1.807) is 13.1 Å². The van der Waals surface area contributed by atoms with Crippen molar-refractivity contribution in [3.8, 4) is 11.3 Å². The molecule has 23 heavy (non-hydrogen) atoms. The number of benzene rings is 1. The minimum atomic E-state index is -0.373. The van der Waals surface area contributed by atoms with E-state index in [1.807, 2.05) is 30.3 Å². The predicted molar refractivity (Wildman–Crippen MR) is 81.3 cm³/mol. The summed E-state index contributed by atoms with van der Waals surface area (Å²) in [6, 6.07) is 11.3. The van der Waals surface area contributed by atoms with E-state index >= 15 is 0 Å². The van der Waals surface area contributed by atoms with Gasteiger partial charge in [-0.3, -0.25) is 4.79 Å². The van der Waals surface area contributed by atoms with E-state index in [0.717, 1.165) is 5.56 Å². The Morgan fingerprint density at radius 1 is 1.35 bits per heavy atom. The Labute approximate surface area is 135 Å². The minimum absolute atomic E-state index is 0.0623. The summed E-state index contributed by atoms with van der Waals surface area (Å²) < 4.78 is 11.9. The van der Waals surface area contributed by atoms with Crippen LogP contribution in [0, 0.1) is 0 Å². The van der Waals surface area contributed by atoms with E-state index in [9.17, 15) is 4.79 Å². The molecule has 0 spiro atoms. The van der Waals surface area contributed by atoms with Crippen molar-refractivity contribution in [3.63, 3.8) is 0 Å². The van der Waals surface area contributed by atoms with Gasteiger partial charge in [0.05, 0.1) is 5.75 Å². The average Bonchev–Trinajstić information content (AvgIpc) is 3.21. The van der Waals surface area contributed by atoms with Crippen molar-refractivity contribution >= 4 is 17.7 Å². The third-order valence-corrected chi connectivity index (χ3v) is 3.88. The largest absolute Gasteiger partial charge is 0.458 e. The van der Waals surface area contributed by atoms with Gasteiger partial charge in [0.2, 0.25) is 5.16 Å². The van der Waals surface area contributed by atoms with Crippen molar-refractivity contribution in [2.24, 2.45) is 7.05 Å². The number of hydrogen-bond acceptors (Lipinski definition) is 8. The molecule has 8 nitrogen and oxygen atoms in total. The van der Waals surface area contributed by atoms with Crippen molar-refractivity contribution in [1.29, 1.82) is 0 Å². The first-order valence-corrected chi connectivity index (χ1v) is 7.73. The fraction of sp³-hybridized carbons (Fsp3) is 0.214. The lowest BCUT2D eigenvalue weighted by Gasteiger charge is -2.01. The number of esters is 1. The second kappa shape index (κ2) is 7.05. The molecule has 3 aromatic rings. The molecule has 0 atom stereocenters. The molecule has 0 fully saturated rings. The van der Waals surface area contributed by atoms with Crippen molar-refractivity contribution in [2.75, 3.05) is 5.75 Å². The average molecular weight is 331 g/mol. The third-order valence-electron chi connectivity index (χ3n) is 2.90. The molecular formula is C14H13N5O3S. The molecule has 2 aromatic heterocycles. The fourth-order valence-electron chi connectivity index (χ4n) is 1.78. The number of thioether (sulfide) groups is 1. The highest BCUT2D eigenvalue weighted by Gasteiger charge is 2.11. The van der Waals surface area contributed by atoms with Gasteiger partial charge in [-0.2, -0.15) is 0 Å². The summed E-state index contributed by atoms with van der Waals surface area (Å²) >= 11 is 1.21. The van der Waals surface area contributed by atoms with Gasteiger partial charge in [-0.25, -0.2) is 4.68 Å². The van der Waals surface area contributed by atoms with Gasteiger partial charge in [0.1, 0.15) is 12.3 Å². The Morgan fingerprint density at radius 3 is 2.91 bits per heavy atom. The molecule has 0 aliphatic heterocycles. The maximum atomic E-state index is 11.7. The van der Waals surface area contributed by atoms with Crippen LogP contribution in [0.4, 0.5) is 0 Å². The second-order valence-corrected chi connectivity index (χ2v) is 5.53. The molecule has 0 bridgehead atoms. The monoisotopic (exact) mass is 331 g/mol. The van der Waals surface area contributed by atoms with Crippen molar-refractivity contribution in [3.05, 3.63) is 42.1 Å². The van der Waals surface area contributed by atoms with Crippen LogP contribution >= 0.6 is 11.8 Å². The van der Waals surface area contributed by atoms with Gasteiger partial charge in [0.25, 0.3) is 0 Å². The summed E-state index contributed by atoms with van der Waals surface area (Å²) in [6.45, 7) is 0.0623. The van der Waals surface area contributed by atoms with Crippen LogP contribution in [0.1, 0.15) is 5.69 Å². The van der Waals surface area contributed by atoms with Crippen LogP contribution in [-0.4, -0.2) is 37.1 Å². The van der Waals surface area contributed by atoms with Crippen LogP contribution < -0.4 is 0 Å². The van der Waals surface area contributed by atoms with Gasteiger partial charge < -0.3 is 9.26 Å². The van der Waals surface area contributed by atoms with Crippen molar-refractivity contribution in [2.45, 2.75) is 11.8 Å². The Balaban J connectivity index is 1.50. The van der Waals surface area contributed by atoms with Gasteiger partial charge in [0, 0.05) is 18.7 Å². The number of nitrogens with zero attached hydrogens (tertiary/aromatic N) is 5. The zero-order chi connectivity index (χ0) is 16.1. The summed E-state index contributed by atoms with van der Waals surface area (Å²) in [6.07, 6.45) is 0. The van der Waals surface area contributed by atoms with Crippen LogP contribution in [0.2, 0.25) is 0 Å². The number of carbonyl (C=O) groups excluding carboxylic acids is 1.